The molecular formula is C7H10Cl2N4. The van der Waals surface area contributed by atoms with Crippen molar-refractivity contribution in [2.75, 3.05) is 25.5 Å². The number of hydrogen-bond acceptors (Lipinski definition) is 4. The lowest BCUT2D eigenvalue weighted by Crippen LogP contribution is -2.18. The molecule has 0 fully saturated rings. The molecule has 4 nitrogen and oxygen atoms in total. The maximum Gasteiger partial charge on any atom is 0.174 e. The van der Waals surface area contributed by atoms with Gasteiger partial charge in [0.05, 0.1) is 5.69 Å². The summed E-state index contributed by atoms with van der Waals surface area (Å²) in [5.74, 6) is 0. The molecule has 0 radical (unpaired) electrons. The highest BCUT2D eigenvalue weighted by atomic mass is 35.5. The number of aromatic nitrogens is 2. The Morgan fingerprint density at radius 2 is 2.08 bits per heavy atom. The number of nitrogens with one attached hydrogen (secondary N) is 2. The van der Waals surface area contributed by atoms with Crippen molar-refractivity contribution in [1.29, 1.82) is 0 Å². The Balaban J connectivity index is 2.59. The molecular weight excluding hydrogens is 211 g/mol. The summed E-state index contributed by atoms with van der Waals surface area (Å²) in [7, 11) is 1.88. The van der Waals surface area contributed by atoms with Crippen molar-refractivity contribution in [3.05, 3.63) is 16.4 Å². The molecule has 0 atom stereocenters. The fraction of sp³-hybridized carbons (Fsp3) is 0.429. The predicted octanol–water partition coefficient (Wildman–Crippen LogP) is 1.41. The second kappa shape index (κ2) is 5.21. The van der Waals surface area contributed by atoms with Gasteiger partial charge < -0.3 is 10.6 Å². The average Bonchev–Trinajstić information content (AvgIpc) is 2.11. The minimum Gasteiger partial charge on any atom is -0.381 e. The monoisotopic (exact) mass is 220 g/mol. The number of likely N-dealkylation sites (N-methyl/N-ethyl adjacent to an activating group) is 1. The van der Waals surface area contributed by atoms with Gasteiger partial charge in [-0.05, 0) is 7.05 Å². The number of nitrogens with zero attached hydrogens (tertiary/aromatic N) is 2. The lowest BCUT2D eigenvalue weighted by molar-refractivity contribution is 0.822. The van der Waals surface area contributed by atoms with Crippen LogP contribution in [0.25, 0.3) is 0 Å². The van der Waals surface area contributed by atoms with Crippen LogP contribution in [0.15, 0.2) is 6.07 Å². The quantitative estimate of drug-likeness (QED) is 0.755. The molecule has 0 bridgehead atoms. The van der Waals surface area contributed by atoms with Gasteiger partial charge in [-0.3, -0.25) is 0 Å². The van der Waals surface area contributed by atoms with E-state index < -0.39 is 0 Å². The first-order chi connectivity index (χ1) is 6.24. The van der Waals surface area contributed by atoms with Gasteiger partial charge in [0.15, 0.2) is 10.3 Å². The largest absolute Gasteiger partial charge is 0.381 e. The molecule has 0 unspecified atom stereocenters. The minimum atomic E-state index is 0.330. The van der Waals surface area contributed by atoms with Gasteiger partial charge in [0.2, 0.25) is 0 Å². The van der Waals surface area contributed by atoms with Crippen molar-refractivity contribution < 1.29 is 0 Å². The van der Waals surface area contributed by atoms with E-state index in [-0.39, 0.29) is 0 Å². The molecule has 72 valence electrons. The van der Waals surface area contributed by atoms with Crippen molar-refractivity contribution >= 4 is 28.9 Å². The summed E-state index contributed by atoms with van der Waals surface area (Å²) >= 11 is 11.4. The lowest BCUT2D eigenvalue weighted by atomic mass is 10.4. The van der Waals surface area contributed by atoms with Crippen LogP contribution in [0.3, 0.4) is 0 Å². The lowest BCUT2D eigenvalue weighted by Gasteiger charge is -2.06. The Bertz CT molecular complexity index is 279. The summed E-state index contributed by atoms with van der Waals surface area (Å²) in [4.78, 5) is 0. The van der Waals surface area contributed by atoms with Gasteiger partial charge in [-0.25, -0.2) is 0 Å². The van der Waals surface area contributed by atoms with Crippen molar-refractivity contribution in [2.45, 2.75) is 0 Å². The van der Waals surface area contributed by atoms with Crippen LogP contribution in [0, 0.1) is 0 Å². The first-order valence-electron chi connectivity index (χ1n) is 3.81. The van der Waals surface area contributed by atoms with Crippen molar-refractivity contribution in [2.24, 2.45) is 0 Å². The maximum absolute atomic E-state index is 5.76. The van der Waals surface area contributed by atoms with Crippen LogP contribution in [-0.4, -0.2) is 30.3 Å². The predicted molar refractivity (Wildman–Crippen MR) is 54.5 cm³/mol. The highest BCUT2D eigenvalue weighted by Gasteiger charge is 2.02. The number of hydrogen-bond donors (Lipinski definition) is 2. The van der Waals surface area contributed by atoms with E-state index in [1.54, 1.807) is 6.07 Å². The van der Waals surface area contributed by atoms with Crippen LogP contribution >= 0.6 is 23.2 Å². The SMILES string of the molecule is CNCCNc1cc(Cl)nnc1Cl. The smallest absolute Gasteiger partial charge is 0.174 e. The van der Waals surface area contributed by atoms with Gasteiger partial charge in [0, 0.05) is 19.2 Å². The molecule has 0 spiro atoms. The normalized spacial score (nSPS) is 10.1. The van der Waals surface area contributed by atoms with Gasteiger partial charge >= 0.3 is 0 Å². The van der Waals surface area contributed by atoms with Gasteiger partial charge in [0.25, 0.3) is 0 Å². The highest BCUT2D eigenvalue weighted by Crippen LogP contribution is 2.19. The molecule has 0 aliphatic heterocycles. The zero-order chi connectivity index (χ0) is 9.68. The Morgan fingerprint density at radius 3 is 2.77 bits per heavy atom. The van der Waals surface area contributed by atoms with Crippen molar-refractivity contribution in [1.82, 2.24) is 15.5 Å². The standard InChI is InChI=1S/C7H10Cl2N4/c1-10-2-3-11-5-4-6(8)12-13-7(5)9/h4,10H,2-3H2,1H3,(H,11,12). The topological polar surface area (TPSA) is 49.8 Å². The molecule has 0 aliphatic rings. The molecule has 1 rings (SSSR count). The molecule has 1 aromatic heterocycles. The highest BCUT2D eigenvalue weighted by molar-refractivity contribution is 6.33. The van der Waals surface area contributed by atoms with E-state index in [1.165, 1.54) is 0 Å². The third kappa shape index (κ3) is 3.34. The summed E-state index contributed by atoms with van der Waals surface area (Å²) in [6, 6.07) is 1.65. The second-order valence-electron chi connectivity index (χ2n) is 2.40. The van der Waals surface area contributed by atoms with E-state index in [1.807, 2.05) is 7.05 Å². The fourth-order valence-corrected chi connectivity index (χ4v) is 1.11. The molecule has 1 heterocycles. The van der Waals surface area contributed by atoms with Crippen LogP contribution in [0.5, 0.6) is 0 Å². The number of halogens is 2. The third-order valence-electron chi connectivity index (χ3n) is 1.41. The molecule has 2 N–H and O–H groups in total. The Labute approximate surface area is 86.6 Å². The molecule has 0 amide bonds. The Kier molecular flexibility index (Phi) is 4.21. The van der Waals surface area contributed by atoms with Crippen molar-refractivity contribution in [3.63, 3.8) is 0 Å². The first-order valence-corrected chi connectivity index (χ1v) is 4.57. The summed E-state index contributed by atoms with van der Waals surface area (Å²) in [5, 5.41) is 14.0. The Morgan fingerprint density at radius 1 is 1.31 bits per heavy atom. The summed E-state index contributed by atoms with van der Waals surface area (Å²) in [6.07, 6.45) is 0. The van der Waals surface area contributed by atoms with Crippen molar-refractivity contribution in [3.8, 4) is 0 Å². The van der Waals surface area contributed by atoms with Crippen LogP contribution in [0.2, 0.25) is 10.3 Å². The Hall–Kier alpha value is -0.580. The van der Waals surface area contributed by atoms with Gasteiger partial charge in [-0.1, -0.05) is 23.2 Å². The molecule has 6 heteroatoms. The molecule has 0 aliphatic carbocycles. The van der Waals surface area contributed by atoms with E-state index in [0.717, 1.165) is 13.1 Å². The van der Waals surface area contributed by atoms with E-state index >= 15 is 0 Å². The molecule has 0 saturated carbocycles. The fourth-order valence-electron chi connectivity index (χ4n) is 0.799. The number of anilines is 1. The van der Waals surface area contributed by atoms with Gasteiger partial charge in [-0.15, -0.1) is 10.2 Å². The van der Waals surface area contributed by atoms with Crippen LogP contribution in [-0.2, 0) is 0 Å². The van der Waals surface area contributed by atoms with Crippen LogP contribution < -0.4 is 10.6 Å². The van der Waals surface area contributed by atoms with E-state index in [0.29, 0.717) is 16.0 Å². The summed E-state index contributed by atoms with van der Waals surface area (Å²) in [5.41, 5.74) is 0.705. The third-order valence-corrected chi connectivity index (χ3v) is 1.87. The minimum absolute atomic E-state index is 0.330. The zero-order valence-corrected chi connectivity index (χ0v) is 8.65. The molecule has 1 aromatic rings. The van der Waals surface area contributed by atoms with Crippen LogP contribution in [0.1, 0.15) is 0 Å². The average molecular weight is 221 g/mol. The first kappa shape index (κ1) is 10.5. The van der Waals surface area contributed by atoms with Gasteiger partial charge in [-0.2, -0.15) is 0 Å². The van der Waals surface area contributed by atoms with Crippen LogP contribution in [0.4, 0.5) is 5.69 Å². The van der Waals surface area contributed by atoms with Gasteiger partial charge in [0.1, 0.15) is 0 Å². The van der Waals surface area contributed by atoms with E-state index in [4.69, 9.17) is 23.2 Å². The number of rotatable bonds is 4. The molecule has 0 aromatic carbocycles. The molecule has 13 heavy (non-hydrogen) atoms. The molecule has 0 saturated heterocycles. The summed E-state index contributed by atoms with van der Waals surface area (Å²) in [6.45, 7) is 1.61. The van der Waals surface area contributed by atoms with E-state index in [2.05, 4.69) is 20.8 Å². The van der Waals surface area contributed by atoms with E-state index in [9.17, 15) is 0 Å². The zero-order valence-electron chi connectivity index (χ0n) is 7.14. The maximum atomic E-state index is 5.76. The second-order valence-corrected chi connectivity index (χ2v) is 3.15. The summed E-state index contributed by atoms with van der Waals surface area (Å²) < 4.78 is 0.